The average molecular weight is 1070 g/mol. The summed E-state index contributed by atoms with van der Waals surface area (Å²) in [6, 6.07) is 0. The van der Waals surface area contributed by atoms with Crippen molar-refractivity contribution in [2.45, 2.75) is 284 Å². The Morgan fingerprint density at radius 2 is 0.519 bits per heavy atom. The first-order valence-corrected chi connectivity index (χ1v) is 31.7. The first-order chi connectivity index (χ1) is 38.0. The Labute approximate surface area is 475 Å². The van der Waals surface area contributed by atoms with Gasteiger partial charge in [0.15, 0.2) is 6.10 Å². The van der Waals surface area contributed by atoms with Crippen molar-refractivity contribution >= 4 is 17.9 Å². The van der Waals surface area contributed by atoms with E-state index in [0.29, 0.717) is 19.3 Å². The van der Waals surface area contributed by atoms with Crippen LogP contribution >= 0.6 is 0 Å². The van der Waals surface area contributed by atoms with Gasteiger partial charge in [-0.05, 0) is 135 Å². The maximum absolute atomic E-state index is 12.9. The number of hydrogen-bond donors (Lipinski definition) is 0. The van der Waals surface area contributed by atoms with Crippen molar-refractivity contribution in [2.75, 3.05) is 13.2 Å². The van der Waals surface area contributed by atoms with Crippen molar-refractivity contribution in [3.05, 3.63) is 134 Å². The van der Waals surface area contributed by atoms with Crippen molar-refractivity contribution < 1.29 is 28.6 Å². The summed E-state index contributed by atoms with van der Waals surface area (Å²) in [4.78, 5) is 38.2. The Hall–Kier alpha value is -4.45. The van der Waals surface area contributed by atoms with Crippen molar-refractivity contribution in [3.8, 4) is 0 Å². The van der Waals surface area contributed by atoms with Gasteiger partial charge in [-0.25, -0.2) is 0 Å². The highest BCUT2D eigenvalue weighted by molar-refractivity contribution is 5.71. The van der Waals surface area contributed by atoms with Gasteiger partial charge in [0, 0.05) is 19.3 Å². The molecule has 0 aromatic rings. The molecule has 0 N–H and O–H groups in total. The molecule has 436 valence electrons. The van der Waals surface area contributed by atoms with Crippen LogP contribution in [0.25, 0.3) is 0 Å². The lowest BCUT2D eigenvalue weighted by molar-refractivity contribution is -0.167. The van der Waals surface area contributed by atoms with Crippen molar-refractivity contribution in [1.29, 1.82) is 0 Å². The van der Waals surface area contributed by atoms with E-state index in [4.69, 9.17) is 14.2 Å². The van der Waals surface area contributed by atoms with E-state index in [1.165, 1.54) is 89.9 Å². The second-order valence-corrected chi connectivity index (χ2v) is 20.6. The molecule has 0 bridgehead atoms. The van der Waals surface area contributed by atoms with Gasteiger partial charge in [-0.2, -0.15) is 0 Å². The van der Waals surface area contributed by atoms with Gasteiger partial charge in [-0.3, -0.25) is 14.4 Å². The Morgan fingerprint density at radius 3 is 0.844 bits per heavy atom. The van der Waals surface area contributed by atoms with Crippen molar-refractivity contribution in [2.24, 2.45) is 0 Å². The second kappa shape index (κ2) is 64.1. The van der Waals surface area contributed by atoms with Crippen LogP contribution in [0.2, 0.25) is 0 Å². The molecule has 0 aromatic carbocycles. The number of allylic oxidation sites excluding steroid dienone is 22. The minimum absolute atomic E-state index is 0.0945. The molecule has 0 radical (unpaired) electrons. The number of ether oxygens (including phenoxy) is 3. The molecule has 6 heteroatoms. The van der Waals surface area contributed by atoms with Crippen molar-refractivity contribution in [1.82, 2.24) is 0 Å². The van der Waals surface area contributed by atoms with Crippen LogP contribution in [0.3, 0.4) is 0 Å². The molecule has 0 amide bonds. The van der Waals surface area contributed by atoms with E-state index < -0.39 is 6.10 Å². The molecule has 0 aliphatic carbocycles. The highest BCUT2D eigenvalue weighted by Gasteiger charge is 2.19. The lowest BCUT2D eigenvalue weighted by Gasteiger charge is -2.18. The topological polar surface area (TPSA) is 78.9 Å². The Kier molecular flexibility index (Phi) is 60.4. The van der Waals surface area contributed by atoms with Crippen LogP contribution in [0.1, 0.15) is 278 Å². The number of esters is 3. The summed E-state index contributed by atoms with van der Waals surface area (Å²) in [5.74, 6) is -0.928. The summed E-state index contributed by atoms with van der Waals surface area (Å²) < 4.78 is 16.9. The summed E-state index contributed by atoms with van der Waals surface area (Å²) in [5.41, 5.74) is 0. The zero-order valence-corrected chi connectivity index (χ0v) is 49.9. The maximum atomic E-state index is 12.9. The third-order valence-corrected chi connectivity index (χ3v) is 13.1. The van der Waals surface area contributed by atoms with E-state index in [-0.39, 0.29) is 31.1 Å². The maximum Gasteiger partial charge on any atom is 0.306 e. The number of unbranched alkanes of at least 4 members (excludes halogenated alkanes) is 23. The molecule has 0 saturated carbocycles. The lowest BCUT2D eigenvalue weighted by Crippen LogP contribution is -2.30. The highest BCUT2D eigenvalue weighted by atomic mass is 16.6. The minimum atomic E-state index is -0.798. The standard InChI is InChI=1S/C71H116O6/c1-4-7-10-13-16-19-22-24-26-28-30-31-32-33-34-35-36-37-38-39-41-42-44-46-49-52-55-58-61-64-70(73)76-67-68(66-75-69(72)63-60-57-54-51-48-21-18-15-12-9-6-3)77-71(74)65-62-59-56-53-50-47-45-43-40-29-27-25-23-20-17-14-11-8-5-2/h7,10,15-20,24-27,30-31,33-34,36-37,39-41,43,68H,4-6,8-9,11-14,21-23,28-29,32,35,38,42,44-67H2,1-3H3/b10-7-,18-15-,19-16-,20-17-,26-24-,27-25-,31-30-,34-33-,37-36-,41-39-,43-40-. The van der Waals surface area contributed by atoms with E-state index in [0.717, 1.165) is 148 Å². The van der Waals surface area contributed by atoms with Gasteiger partial charge >= 0.3 is 17.9 Å². The van der Waals surface area contributed by atoms with Crippen molar-refractivity contribution in [3.63, 3.8) is 0 Å². The molecular weight excluding hydrogens is 949 g/mol. The molecule has 0 aliphatic heterocycles. The first kappa shape index (κ1) is 72.5. The van der Waals surface area contributed by atoms with Crippen LogP contribution in [0.4, 0.5) is 0 Å². The Bertz CT molecular complexity index is 1650. The second-order valence-electron chi connectivity index (χ2n) is 20.6. The molecule has 0 heterocycles. The molecule has 6 nitrogen and oxygen atoms in total. The number of hydrogen-bond acceptors (Lipinski definition) is 6. The van der Waals surface area contributed by atoms with E-state index >= 15 is 0 Å². The van der Waals surface area contributed by atoms with Crippen LogP contribution in [-0.4, -0.2) is 37.2 Å². The third kappa shape index (κ3) is 62.3. The van der Waals surface area contributed by atoms with E-state index in [2.05, 4.69) is 154 Å². The van der Waals surface area contributed by atoms with Gasteiger partial charge in [-0.15, -0.1) is 0 Å². The molecule has 1 atom stereocenters. The molecule has 0 saturated heterocycles. The summed E-state index contributed by atoms with van der Waals surface area (Å²) in [6.45, 7) is 6.43. The van der Waals surface area contributed by atoms with E-state index in [1.807, 2.05) is 0 Å². The molecule has 0 fully saturated rings. The SMILES string of the molecule is CC/C=C\C/C=C\C/C=C\C/C=C\C/C=C\C/C=C\C/C=C\CCCCCCCCCC(=O)OCC(COC(=O)CCCCCCC/C=C\CCCC)OC(=O)CCCCCCCC/C=C\C/C=C\C/C=C\CCCCC. The fourth-order valence-electron chi connectivity index (χ4n) is 8.35. The summed E-state index contributed by atoms with van der Waals surface area (Å²) in [6.07, 6.45) is 90.2. The number of rotatable bonds is 56. The summed E-state index contributed by atoms with van der Waals surface area (Å²) in [7, 11) is 0. The van der Waals surface area contributed by atoms with Crippen LogP contribution in [0.15, 0.2) is 134 Å². The quantitative estimate of drug-likeness (QED) is 0.0261. The van der Waals surface area contributed by atoms with E-state index in [9.17, 15) is 14.4 Å². The molecule has 0 aromatic heterocycles. The third-order valence-electron chi connectivity index (χ3n) is 13.1. The largest absolute Gasteiger partial charge is 0.462 e. The molecule has 0 aliphatic rings. The fourth-order valence-corrected chi connectivity index (χ4v) is 8.35. The van der Waals surface area contributed by atoms with Gasteiger partial charge in [0.2, 0.25) is 0 Å². The zero-order chi connectivity index (χ0) is 55.7. The highest BCUT2D eigenvalue weighted by Crippen LogP contribution is 2.14. The minimum Gasteiger partial charge on any atom is -0.462 e. The Balaban J connectivity index is 4.34. The Morgan fingerprint density at radius 1 is 0.273 bits per heavy atom. The molecule has 0 spiro atoms. The number of carbonyl (C=O) groups excluding carboxylic acids is 3. The van der Waals surface area contributed by atoms with Crippen LogP contribution in [0.5, 0.6) is 0 Å². The van der Waals surface area contributed by atoms with Gasteiger partial charge in [-0.1, -0.05) is 257 Å². The molecule has 0 rings (SSSR count). The van der Waals surface area contributed by atoms with Crippen LogP contribution < -0.4 is 0 Å². The summed E-state index contributed by atoms with van der Waals surface area (Å²) in [5, 5.41) is 0. The monoisotopic (exact) mass is 1060 g/mol. The predicted octanol–water partition coefficient (Wildman–Crippen LogP) is 21.8. The predicted molar refractivity (Wildman–Crippen MR) is 334 cm³/mol. The van der Waals surface area contributed by atoms with Crippen LogP contribution in [-0.2, 0) is 28.6 Å². The zero-order valence-electron chi connectivity index (χ0n) is 49.9. The van der Waals surface area contributed by atoms with Gasteiger partial charge in [0.05, 0.1) is 0 Å². The first-order valence-electron chi connectivity index (χ1n) is 31.7. The fraction of sp³-hybridized carbons (Fsp3) is 0.648. The lowest BCUT2D eigenvalue weighted by atomic mass is 10.1. The van der Waals surface area contributed by atoms with E-state index in [1.54, 1.807) is 0 Å². The van der Waals surface area contributed by atoms with Gasteiger partial charge in [0.25, 0.3) is 0 Å². The molecule has 1 unspecified atom stereocenters. The van der Waals surface area contributed by atoms with Gasteiger partial charge < -0.3 is 14.2 Å². The normalized spacial score (nSPS) is 13.0. The van der Waals surface area contributed by atoms with Gasteiger partial charge in [0.1, 0.15) is 13.2 Å². The smallest absolute Gasteiger partial charge is 0.306 e. The average Bonchev–Trinajstić information content (AvgIpc) is 3.43. The summed E-state index contributed by atoms with van der Waals surface area (Å²) >= 11 is 0. The molecule has 77 heavy (non-hydrogen) atoms. The number of carbonyl (C=O) groups is 3. The molecular formula is C71H116O6. The van der Waals surface area contributed by atoms with Crippen LogP contribution in [0, 0.1) is 0 Å².